The first kappa shape index (κ1) is 16.5. The minimum absolute atomic E-state index is 0.118. The number of carbonyl (C=O) groups excluding carboxylic acids is 1. The molecule has 3 rings (SSSR count). The summed E-state index contributed by atoms with van der Waals surface area (Å²) in [5.74, 6) is 0.118. The Balaban J connectivity index is 2.00. The number of carbonyl (C=O) groups is 1. The summed E-state index contributed by atoms with van der Waals surface area (Å²) >= 11 is 0. The van der Waals surface area contributed by atoms with E-state index in [1.807, 2.05) is 12.1 Å². The molecule has 1 unspecified atom stereocenters. The van der Waals surface area contributed by atoms with Crippen LogP contribution < -0.4 is 0 Å². The van der Waals surface area contributed by atoms with Crippen molar-refractivity contribution >= 4 is 16.7 Å². The maximum atomic E-state index is 11.6. The van der Waals surface area contributed by atoms with Gasteiger partial charge in [0.25, 0.3) is 0 Å². The van der Waals surface area contributed by atoms with E-state index in [-0.39, 0.29) is 5.78 Å². The Morgan fingerprint density at radius 2 is 1.83 bits per heavy atom. The summed E-state index contributed by atoms with van der Waals surface area (Å²) in [6.45, 7) is 3.86. The monoisotopic (exact) mass is 319 g/mol. The van der Waals surface area contributed by atoms with Gasteiger partial charge in [-0.1, -0.05) is 56.5 Å². The molecular weight excluding hydrogens is 294 g/mol. The van der Waals surface area contributed by atoms with Gasteiger partial charge in [0.05, 0.1) is 6.04 Å². The van der Waals surface area contributed by atoms with Gasteiger partial charge in [-0.15, -0.1) is 0 Å². The third-order valence-electron chi connectivity index (χ3n) is 4.73. The van der Waals surface area contributed by atoms with Gasteiger partial charge in [-0.3, -0.25) is 4.79 Å². The normalized spacial score (nSPS) is 12.4. The molecule has 1 heterocycles. The topological polar surface area (TPSA) is 22.0 Å². The summed E-state index contributed by atoms with van der Waals surface area (Å²) in [5.41, 5.74) is 3.33. The summed E-state index contributed by atoms with van der Waals surface area (Å²) in [4.78, 5) is 11.6. The Hall–Kier alpha value is -2.35. The quantitative estimate of drug-likeness (QED) is 0.386. The van der Waals surface area contributed by atoms with Crippen molar-refractivity contribution < 1.29 is 4.79 Å². The lowest BCUT2D eigenvalue weighted by molar-refractivity contribution is 0.101. The molecule has 1 atom stereocenters. The average molecular weight is 319 g/mol. The van der Waals surface area contributed by atoms with Gasteiger partial charge in [-0.25, -0.2) is 0 Å². The van der Waals surface area contributed by atoms with Crippen LogP contribution >= 0.6 is 0 Å². The molecule has 0 saturated carbocycles. The molecule has 1 aromatic heterocycles. The van der Waals surface area contributed by atoms with Gasteiger partial charge in [0.15, 0.2) is 5.78 Å². The SMILES string of the molecule is CCCCCC(c1ccccc1)n1ccc2cc(C(C)=O)ccc21. The van der Waals surface area contributed by atoms with Crippen molar-refractivity contribution in [1.82, 2.24) is 4.57 Å². The molecule has 0 aliphatic carbocycles. The molecule has 2 nitrogen and oxygen atoms in total. The highest BCUT2D eigenvalue weighted by atomic mass is 16.1. The molecule has 0 fully saturated rings. The number of aromatic nitrogens is 1. The van der Waals surface area contributed by atoms with Gasteiger partial charge < -0.3 is 4.57 Å². The molecule has 124 valence electrons. The van der Waals surface area contributed by atoms with Crippen LogP contribution in [0, 0.1) is 0 Å². The molecule has 3 aromatic rings. The Kier molecular flexibility index (Phi) is 5.14. The maximum Gasteiger partial charge on any atom is 0.159 e. The van der Waals surface area contributed by atoms with E-state index in [9.17, 15) is 4.79 Å². The fraction of sp³-hybridized carbons (Fsp3) is 0.318. The van der Waals surface area contributed by atoms with Crippen molar-refractivity contribution in [3.05, 3.63) is 71.9 Å². The van der Waals surface area contributed by atoms with E-state index in [1.165, 1.54) is 30.3 Å². The molecule has 2 heteroatoms. The first-order chi connectivity index (χ1) is 11.7. The zero-order valence-corrected chi connectivity index (χ0v) is 14.5. The molecule has 0 spiro atoms. The first-order valence-electron chi connectivity index (χ1n) is 8.87. The summed E-state index contributed by atoms with van der Waals surface area (Å²) in [5, 5.41) is 1.14. The van der Waals surface area contributed by atoms with E-state index >= 15 is 0 Å². The van der Waals surface area contributed by atoms with Crippen molar-refractivity contribution in [2.75, 3.05) is 0 Å². The van der Waals surface area contributed by atoms with Gasteiger partial charge in [0, 0.05) is 22.7 Å². The number of fused-ring (bicyclic) bond motifs is 1. The van der Waals surface area contributed by atoms with E-state index in [0.29, 0.717) is 6.04 Å². The van der Waals surface area contributed by atoms with Gasteiger partial charge in [0.2, 0.25) is 0 Å². The minimum atomic E-state index is 0.118. The molecule has 0 N–H and O–H groups in total. The van der Waals surface area contributed by atoms with Crippen molar-refractivity contribution in [3.63, 3.8) is 0 Å². The van der Waals surface area contributed by atoms with Crippen LogP contribution in [0.3, 0.4) is 0 Å². The number of hydrogen-bond acceptors (Lipinski definition) is 1. The third-order valence-corrected chi connectivity index (χ3v) is 4.73. The van der Waals surface area contributed by atoms with Gasteiger partial charge in [-0.05, 0) is 43.2 Å². The predicted molar refractivity (Wildman–Crippen MR) is 101 cm³/mol. The largest absolute Gasteiger partial charge is 0.340 e. The van der Waals surface area contributed by atoms with Gasteiger partial charge in [0.1, 0.15) is 0 Å². The lowest BCUT2D eigenvalue weighted by atomic mass is 10.00. The molecule has 24 heavy (non-hydrogen) atoms. The van der Waals surface area contributed by atoms with Crippen LogP contribution in [0.5, 0.6) is 0 Å². The fourth-order valence-corrected chi connectivity index (χ4v) is 3.38. The number of nitrogens with zero attached hydrogens (tertiary/aromatic N) is 1. The lowest BCUT2D eigenvalue weighted by Crippen LogP contribution is -2.09. The van der Waals surface area contributed by atoms with Gasteiger partial charge in [-0.2, -0.15) is 0 Å². The molecule has 0 aliphatic rings. The number of rotatable bonds is 7. The van der Waals surface area contributed by atoms with Gasteiger partial charge >= 0.3 is 0 Å². The maximum absolute atomic E-state index is 11.6. The molecule has 0 aliphatic heterocycles. The number of benzene rings is 2. The first-order valence-corrected chi connectivity index (χ1v) is 8.87. The van der Waals surface area contributed by atoms with Crippen LogP contribution in [0.15, 0.2) is 60.8 Å². The van der Waals surface area contributed by atoms with Crippen LogP contribution in [-0.4, -0.2) is 10.4 Å². The predicted octanol–water partition coefficient (Wildman–Crippen LogP) is 6.01. The summed E-state index contributed by atoms with van der Waals surface area (Å²) in [6.07, 6.45) is 7.02. The summed E-state index contributed by atoms with van der Waals surface area (Å²) in [7, 11) is 0. The summed E-state index contributed by atoms with van der Waals surface area (Å²) < 4.78 is 2.37. The highest BCUT2D eigenvalue weighted by Gasteiger charge is 2.15. The van der Waals surface area contributed by atoms with E-state index in [4.69, 9.17) is 0 Å². The number of unbranched alkanes of at least 4 members (excludes halogenated alkanes) is 2. The molecule has 0 amide bonds. The van der Waals surface area contributed by atoms with Crippen LogP contribution in [0.25, 0.3) is 10.9 Å². The lowest BCUT2D eigenvalue weighted by Gasteiger charge is -2.21. The molecule has 0 bridgehead atoms. The average Bonchev–Trinajstić information content (AvgIpc) is 3.02. The van der Waals surface area contributed by atoms with Crippen molar-refractivity contribution in [3.8, 4) is 0 Å². The van der Waals surface area contributed by atoms with Crippen LogP contribution in [0.4, 0.5) is 0 Å². The molecule has 0 saturated heterocycles. The van der Waals surface area contributed by atoms with E-state index < -0.39 is 0 Å². The van der Waals surface area contributed by atoms with E-state index in [1.54, 1.807) is 6.92 Å². The zero-order valence-electron chi connectivity index (χ0n) is 14.5. The Labute approximate surface area is 144 Å². The number of hydrogen-bond donors (Lipinski definition) is 0. The second kappa shape index (κ2) is 7.48. The number of ketones is 1. The second-order valence-corrected chi connectivity index (χ2v) is 6.48. The van der Waals surface area contributed by atoms with E-state index in [2.05, 4.69) is 60.2 Å². The Morgan fingerprint density at radius 1 is 1.04 bits per heavy atom. The fourth-order valence-electron chi connectivity index (χ4n) is 3.38. The smallest absolute Gasteiger partial charge is 0.159 e. The molecule has 0 radical (unpaired) electrons. The van der Waals surface area contributed by atoms with Crippen LogP contribution in [-0.2, 0) is 0 Å². The standard InChI is InChI=1S/C22H25NO/c1-3-4-6-11-21(18-9-7-5-8-10-18)23-15-14-20-16-19(17(2)24)12-13-22(20)23/h5,7-10,12-16,21H,3-4,6,11H2,1-2H3. The van der Waals surface area contributed by atoms with Crippen LogP contribution in [0.2, 0.25) is 0 Å². The van der Waals surface area contributed by atoms with Crippen molar-refractivity contribution in [2.24, 2.45) is 0 Å². The Bertz CT molecular complexity index is 816. The summed E-state index contributed by atoms with van der Waals surface area (Å²) in [6, 6.07) is 19.2. The highest BCUT2D eigenvalue weighted by Crippen LogP contribution is 2.30. The minimum Gasteiger partial charge on any atom is -0.340 e. The second-order valence-electron chi connectivity index (χ2n) is 6.48. The van der Waals surface area contributed by atoms with E-state index in [0.717, 1.165) is 17.4 Å². The molecule has 2 aromatic carbocycles. The number of Topliss-reactive ketones (excluding diaryl/α,β-unsaturated/α-hetero) is 1. The highest BCUT2D eigenvalue weighted by molar-refractivity contribution is 5.98. The Morgan fingerprint density at radius 3 is 2.54 bits per heavy atom. The third kappa shape index (κ3) is 3.43. The van der Waals surface area contributed by atoms with Crippen molar-refractivity contribution in [2.45, 2.75) is 45.6 Å². The zero-order chi connectivity index (χ0) is 16.9. The van der Waals surface area contributed by atoms with Crippen molar-refractivity contribution in [1.29, 1.82) is 0 Å². The molecular formula is C22H25NO. The van der Waals surface area contributed by atoms with Crippen LogP contribution in [0.1, 0.15) is 61.5 Å².